The largest absolute Gasteiger partial charge is 0.459 e. The van der Waals surface area contributed by atoms with Crippen molar-refractivity contribution in [2.45, 2.75) is 46.1 Å². The van der Waals surface area contributed by atoms with Gasteiger partial charge in [-0.05, 0) is 56.7 Å². The van der Waals surface area contributed by atoms with E-state index in [1.54, 1.807) is 32.2 Å². The van der Waals surface area contributed by atoms with E-state index in [0.29, 0.717) is 16.5 Å². The first-order valence-corrected chi connectivity index (χ1v) is 10.1. The number of rotatable bonds is 6. The van der Waals surface area contributed by atoms with Gasteiger partial charge < -0.3 is 19.8 Å². The Kier molecular flexibility index (Phi) is 6.18. The summed E-state index contributed by atoms with van der Waals surface area (Å²) in [6.45, 7) is 5.32. The van der Waals surface area contributed by atoms with Crippen molar-refractivity contribution in [3.63, 3.8) is 0 Å². The molecule has 1 amide bonds. The van der Waals surface area contributed by atoms with E-state index in [1.807, 2.05) is 0 Å². The third-order valence-electron chi connectivity index (χ3n) is 4.46. The smallest absolute Gasteiger partial charge is 0.355 e. The van der Waals surface area contributed by atoms with Gasteiger partial charge in [0, 0.05) is 11.1 Å². The van der Waals surface area contributed by atoms with Crippen molar-refractivity contribution in [1.29, 1.82) is 0 Å². The van der Waals surface area contributed by atoms with Crippen LogP contribution in [0.25, 0.3) is 0 Å². The van der Waals surface area contributed by atoms with Crippen LogP contribution >= 0.6 is 11.3 Å². The quantitative estimate of drug-likeness (QED) is 0.718. The maximum absolute atomic E-state index is 12.6. The molecule has 1 aliphatic carbocycles. The van der Waals surface area contributed by atoms with Crippen molar-refractivity contribution < 1.29 is 23.9 Å². The van der Waals surface area contributed by atoms with E-state index in [-0.39, 0.29) is 11.8 Å². The molecular weight excluding hydrogens is 380 g/mol. The number of fused-ring (bicyclic) bond motifs is 1. The number of anilines is 1. The molecule has 0 saturated heterocycles. The monoisotopic (exact) mass is 404 g/mol. The number of nitrogens with one attached hydrogen (secondary N) is 2. The fourth-order valence-corrected chi connectivity index (χ4v) is 4.57. The number of carbonyl (C=O) groups excluding carboxylic acids is 3. The maximum Gasteiger partial charge on any atom is 0.355 e. The molecule has 0 fully saturated rings. The van der Waals surface area contributed by atoms with Crippen molar-refractivity contribution in [2.24, 2.45) is 5.92 Å². The second-order valence-electron chi connectivity index (χ2n) is 7.22. The summed E-state index contributed by atoms with van der Waals surface area (Å²) in [5.41, 5.74) is 1.67. The van der Waals surface area contributed by atoms with Crippen LogP contribution < -0.4 is 5.32 Å². The van der Waals surface area contributed by atoms with Crippen LogP contribution in [0.5, 0.6) is 0 Å². The minimum Gasteiger partial charge on any atom is -0.459 e. The van der Waals surface area contributed by atoms with E-state index in [9.17, 15) is 14.4 Å². The van der Waals surface area contributed by atoms with E-state index < -0.39 is 24.5 Å². The summed E-state index contributed by atoms with van der Waals surface area (Å²) in [6.07, 6.45) is 4.00. The lowest BCUT2D eigenvalue weighted by Gasteiger charge is -2.18. The molecule has 2 aromatic rings. The normalized spacial score (nSPS) is 15.8. The SMILES string of the molecule is CC(C)OC(=O)c1c(NC(=O)COC(=O)c2ccc[nH]2)sc2c1CC[C@@H](C)C2. The van der Waals surface area contributed by atoms with Crippen LogP contribution in [0.15, 0.2) is 18.3 Å². The van der Waals surface area contributed by atoms with Gasteiger partial charge in [-0.2, -0.15) is 0 Å². The Hall–Kier alpha value is -2.61. The second-order valence-corrected chi connectivity index (χ2v) is 8.32. The van der Waals surface area contributed by atoms with Crippen LogP contribution in [0.3, 0.4) is 0 Å². The third kappa shape index (κ3) is 4.62. The lowest BCUT2D eigenvalue weighted by atomic mass is 9.88. The van der Waals surface area contributed by atoms with Gasteiger partial charge in [0.05, 0.1) is 11.7 Å². The van der Waals surface area contributed by atoms with E-state index in [1.165, 1.54) is 11.3 Å². The summed E-state index contributed by atoms with van der Waals surface area (Å²) in [6, 6.07) is 3.23. The van der Waals surface area contributed by atoms with Gasteiger partial charge in [0.1, 0.15) is 10.7 Å². The highest BCUT2D eigenvalue weighted by Gasteiger charge is 2.29. The average Bonchev–Trinajstić information content (AvgIpc) is 3.26. The molecule has 1 aliphatic rings. The zero-order chi connectivity index (χ0) is 20.3. The van der Waals surface area contributed by atoms with Crippen molar-refractivity contribution in [1.82, 2.24) is 4.98 Å². The van der Waals surface area contributed by atoms with Gasteiger partial charge in [0.15, 0.2) is 6.61 Å². The minimum absolute atomic E-state index is 0.254. The zero-order valence-corrected chi connectivity index (χ0v) is 17.0. The number of thiophene rings is 1. The third-order valence-corrected chi connectivity index (χ3v) is 5.63. The summed E-state index contributed by atoms with van der Waals surface area (Å²) in [7, 11) is 0. The maximum atomic E-state index is 12.6. The van der Waals surface area contributed by atoms with Crippen molar-refractivity contribution in [3.05, 3.63) is 40.0 Å². The van der Waals surface area contributed by atoms with E-state index in [4.69, 9.17) is 9.47 Å². The molecule has 0 aliphatic heterocycles. The molecule has 3 rings (SSSR count). The molecule has 2 aromatic heterocycles. The first kappa shape index (κ1) is 20.1. The van der Waals surface area contributed by atoms with Crippen molar-refractivity contribution in [2.75, 3.05) is 11.9 Å². The van der Waals surface area contributed by atoms with Gasteiger partial charge >= 0.3 is 11.9 Å². The van der Waals surface area contributed by atoms with Crippen LogP contribution in [0.1, 0.15) is 58.5 Å². The fraction of sp³-hybridized carbons (Fsp3) is 0.450. The Morgan fingerprint density at radius 2 is 2.11 bits per heavy atom. The second kappa shape index (κ2) is 8.60. The van der Waals surface area contributed by atoms with Gasteiger partial charge in [-0.15, -0.1) is 11.3 Å². The summed E-state index contributed by atoms with van der Waals surface area (Å²) >= 11 is 1.40. The summed E-state index contributed by atoms with van der Waals surface area (Å²) in [4.78, 5) is 40.6. The fourth-order valence-electron chi connectivity index (χ4n) is 3.16. The van der Waals surface area contributed by atoms with Gasteiger partial charge in [-0.25, -0.2) is 9.59 Å². The van der Waals surface area contributed by atoms with E-state index in [0.717, 1.165) is 29.7 Å². The predicted octanol–water partition coefficient (Wildman–Crippen LogP) is 3.56. The van der Waals surface area contributed by atoms with Crippen molar-refractivity contribution >= 4 is 34.2 Å². The molecular formula is C20H24N2O5S. The number of hydrogen-bond acceptors (Lipinski definition) is 6. The molecule has 28 heavy (non-hydrogen) atoms. The molecule has 2 heterocycles. The molecule has 7 nitrogen and oxygen atoms in total. The summed E-state index contributed by atoms with van der Waals surface area (Å²) in [5, 5.41) is 3.19. The highest BCUT2D eigenvalue weighted by molar-refractivity contribution is 7.17. The molecule has 0 saturated carbocycles. The lowest BCUT2D eigenvalue weighted by Crippen LogP contribution is -2.22. The number of esters is 2. The van der Waals surface area contributed by atoms with E-state index >= 15 is 0 Å². The standard InChI is InChI=1S/C20H24N2O5S/c1-11(2)27-20(25)17-13-7-6-12(3)9-15(13)28-18(17)22-16(23)10-26-19(24)14-5-4-8-21-14/h4-5,8,11-12,21H,6-7,9-10H2,1-3H3,(H,22,23)/t12-/m1/s1. The number of ether oxygens (including phenoxy) is 2. The molecule has 150 valence electrons. The lowest BCUT2D eigenvalue weighted by molar-refractivity contribution is -0.119. The average molecular weight is 404 g/mol. The zero-order valence-electron chi connectivity index (χ0n) is 16.2. The molecule has 0 unspecified atom stereocenters. The first-order chi connectivity index (χ1) is 13.3. The topological polar surface area (TPSA) is 97.5 Å². The van der Waals surface area contributed by atoms with E-state index in [2.05, 4.69) is 17.2 Å². The highest BCUT2D eigenvalue weighted by Crippen LogP contribution is 2.40. The Morgan fingerprint density at radius 3 is 2.79 bits per heavy atom. The summed E-state index contributed by atoms with van der Waals surface area (Å²) in [5.74, 6) is -1.00. The van der Waals surface area contributed by atoms with Gasteiger partial charge in [-0.3, -0.25) is 4.79 Å². The number of H-pyrrole nitrogens is 1. The molecule has 1 atom stereocenters. The van der Waals surface area contributed by atoms with Crippen LogP contribution in [0.4, 0.5) is 5.00 Å². The Labute approximate surface area is 167 Å². The molecule has 0 aromatic carbocycles. The van der Waals surface area contributed by atoms with Crippen LogP contribution in [-0.4, -0.2) is 35.5 Å². The molecule has 0 spiro atoms. The van der Waals surface area contributed by atoms with Crippen LogP contribution in [-0.2, 0) is 27.1 Å². The molecule has 2 N–H and O–H groups in total. The van der Waals surface area contributed by atoms with Gasteiger partial charge in [0.25, 0.3) is 5.91 Å². The number of aromatic nitrogens is 1. The Morgan fingerprint density at radius 1 is 1.32 bits per heavy atom. The van der Waals surface area contributed by atoms with Gasteiger partial charge in [-0.1, -0.05) is 6.92 Å². The van der Waals surface area contributed by atoms with Gasteiger partial charge in [0.2, 0.25) is 0 Å². The first-order valence-electron chi connectivity index (χ1n) is 9.31. The Bertz CT molecular complexity index is 870. The van der Waals surface area contributed by atoms with Crippen LogP contribution in [0, 0.1) is 5.92 Å². The molecule has 0 radical (unpaired) electrons. The number of hydrogen-bond donors (Lipinski definition) is 2. The van der Waals surface area contributed by atoms with Crippen LogP contribution in [0.2, 0.25) is 0 Å². The molecule has 8 heteroatoms. The number of amides is 1. The Balaban J connectivity index is 1.74. The predicted molar refractivity (Wildman–Crippen MR) is 106 cm³/mol. The molecule has 0 bridgehead atoms. The number of aromatic amines is 1. The minimum atomic E-state index is -0.612. The highest BCUT2D eigenvalue weighted by atomic mass is 32.1. The van der Waals surface area contributed by atoms with Crippen molar-refractivity contribution in [3.8, 4) is 0 Å². The summed E-state index contributed by atoms with van der Waals surface area (Å²) < 4.78 is 10.4. The number of carbonyl (C=O) groups is 3.